The third kappa shape index (κ3) is 3.72. The van der Waals surface area contributed by atoms with Crippen molar-refractivity contribution in [1.82, 2.24) is 20.5 Å². The van der Waals surface area contributed by atoms with Crippen LogP contribution in [0.5, 0.6) is 0 Å². The van der Waals surface area contributed by atoms with Crippen LogP contribution in [-0.2, 0) is 12.8 Å². The van der Waals surface area contributed by atoms with E-state index in [4.69, 9.17) is 4.42 Å². The SMILES string of the molecule is CCc1nnc(C[C@@H]2CC[C@H](NC(=O)c3ncccc3F)C2)o1. The fourth-order valence-electron chi connectivity index (χ4n) is 2.96. The molecule has 23 heavy (non-hydrogen) atoms. The van der Waals surface area contributed by atoms with E-state index >= 15 is 0 Å². The van der Waals surface area contributed by atoms with Gasteiger partial charge in [-0.3, -0.25) is 4.79 Å². The monoisotopic (exact) mass is 318 g/mol. The van der Waals surface area contributed by atoms with Crippen molar-refractivity contribution in [2.75, 3.05) is 0 Å². The van der Waals surface area contributed by atoms with Crippen molar-refractivity contribution in [2.45, 2.75) is 45.1 Å². The van der Waals surface area contributed by atoms with E-state index in [2.05, 4.69) is 20.5 Å². The number of hydrogen-bond acceptors (Lipinski definition) is 5. The lowest BCUT2D eigenvalue weighted by molar-refractivity contribution is 0.0927. The Morgan fingerprint density at radius 3 is 2.96 bits per heavy atom. The first-order chi connectivity index (χ1) is 11.2. The Labute approximate surface area is 133 Å². The largest absolute Gasteiger partial charge is 0.425 e. The third-order valence-electron chi connectivity index (χ3n) is 4.12. The standard InChI is InChI=1S/C16H19FN4O2/c1-2-13-20-21-14(23-13)9-10-5-6-11(8-10)19-16(22)15-12(17)4-3-7-18-15/h3-4,7,10-11H,2,5-6,8-9H2,1H3,(H,19,22)/t10-,11+/m1/s1. The maximum Gasteiger partial charge on any atom is 0.273 e. The summed E-state index contributed by atoms with van der Waals surface area (Å²) in [6, 6.07) is 2.73. The predicted octanol–water partition coefficient (Wildman–Crippen LogP) is 2.31. The molecule has 0 saturated heterocycles. The average molecular weight is 318 g/mol. The summed E-state index contributed by atoms with van der Waals surface area (Å²) in [5.41, 5.74) is -0.152. The van der Waals surface area contributed by atoms with Crippen LogP contribution in [0.3, 0.4) is 0 Å². The molecular formula is C16H19FN4O2. The van der Waals surface area contributed by atoms with Crippen LogP contribution in [0.1, 0.15) is 48.5 Å². The molecule has 0 aliphatic heterocycles. The molecular weight excluding hydrogens is 299 g/mol. The molecule has 1 aliphatic rings. The van der Waals surface area contributed by atoms with Crippen molar-refractivity contribution in [3.63, 3.8) is 0 Å². The van der Waals surface area contributed by atoms with Gasteiger partial charge in [0.2, 0.25) is 11.8 Å². The maximum atomic E-state index is 13.6. The van der Waals surface area contributed by atoms with Crippen molar-refractivity contribution < 1.29 is 13.6 Å². The quantitative estimate of drug-likeness (QED) is 0.915. The van der Waals surface area contributed by atoms with Crippen molar-refractivity contribution in [3.8, 4) is 0 Å². The number of aromatic nitrogens is 3. The smallest absolute Gasteiger partial charge is 0.273 e. The zero-order valence-electron chi connectivity index (χ0n) is 13.0. The lowest BCUT2D eigenvalue weighted by Crippen LogP contribution is -2.34. The Morgan fingerprint density at radius 2 is 2.22 bits per heavy atom. The number of halogens is 1. The Bertz CT molecular complexity index is 688. The molecule has 1 aliphatic carbocycles. The van der Waals surface area contributed by atoms with Crippen LogP contribution in [0.25, 0.3) is 0 Å². The highest BCUT2D eigenvalue weighted by molar-refractivity contribution is 5.92. The molecule has 2 aromatic heterocycles. The predicted molar refractivity (Wildman–Crippen MR) is 80.2 cm³/mol. The van der Waals surface area contributed by atoms with E-state index in [0.29, 0.717) is 17.7 Å². The van der Waals surface area contributed by atoms with Crippen molar-refractivity contribution in [1.29, 1.82) is 0 Å². The van der Waals surface area contributed by atoms with E-state index in [-0.39, 0.29) is 11.7 Å². The molecule has 2 atom stereocenters. The molecule has 0 unspecified atom stereocenters. The minimum atomic E-state index is -0.600. The van der Waals surface area contributed by atoms with E-state index < -0.39 is 11.7 Å². The summed E-state index contributed by atoms with van der Waals surface area (Å²) >= 11 is 0. The highest BCUT2D eigenvalue weighted by Crippen LogP contribution is 2.28. The summed E-state index contributed by atoms with van der Waals surface area (Å²) in [5.74, 6) is 0.624. The van der Waals surface area contributed by atoms with Gasteiger partial charge in [0.1, 0.15) is 0 Å². The van der Waals surface area contributed by atoms with Crippen LogP contribution < -0.4 is 5.32 Å². The molecule has 3 rings (SSSR count). The van der Waals surface area contributed by atoms with Crippen LogP contribution >= 0.6 is 0 Å². The number of nitrogens with one attached hydrogen (secondary N) is 1. The van der Waals surface area contributed by atoms with E-state index in [1.165, 1.54) is 18.3 Å². The second-order valence-electron chi connectivity index (χ2n) is 5.83. The Hall–Kier alpha value is -2.31. The maximum absolute atomic E-state index is 13.6. The van der Waals surface area contributed by atoms with Gasteiger partial charge in [-0.1, -0.05) is 6.92 Å². The number of carbonyl (C=O) groups is 1. The van der Waals surface area contributed by atoms with Gasteiger partial charge in [0.05, 0.1) is 0 Å². The number of amides is 1. The summed E-state index contributed by atoms with van der Waals surface area (Å²) < 4.78 is 19.1. The normalized spacial score (nSPS) is 20.6. The van der Waals surface area contributed by atoms with Gasteiger partial charge in [0.25, 0.3) is 5.91 Å². The van der Waals surface area contributed by atoms with Crippen molar-refractivity contribution >= 4 is 5.91 Å². The number of rotatable bonds is 5. The first-order valence-electron chi connectivity index (χ1n) is 7.88. The molecule has 0 radical (unpaired) electrons. The van der Waals surface area contributed by atoms with Crippen LogP contribution in [0.2, 0.25) is 0 Å². The lowest BCUT2D eigenvalue weighted by Gasteiger charge is -2.12. The molecule has 7 heteroatoms. The molecule has 2 heterocycles. The second kappa shape index (κ2) is 6.85. The second-order valence-corrected chi connectivity index (χ2v) is 5.83. The minimum absolute atomic E-state index is 0.0301. The van der Waals surface area contributed by atoms with E-state index in [0.717, 1.165) is 32.1 Å². The first kappa shape index (κ1) is 15.6. The van der Waals surface area contributed by atoms with Gasteiger partial charge in [0.15, 0.2) is 11.5 Å². The molecule has 2 aromatic rings. The van der Waals surface area contributed by atoms with Gasteiger partial charge in [-0.05, 0) is 37.3 Å². The van der Waals surface area contributed by atoms with Gasteiger partial charge < -0.3 is 9.73 Å². The van der Waals surface area contributed by atoms with Gasteiger partial charge >= 0.3 is 0 Å². The highest BCUT2D eigenvalue weighted by atomic mass is 19.1. The van der Waals surface area contributed by atoms with Gasteiger partial charge in [-0.15, -0.1) is 10.2 Å². The summed E-state index contributed by atoms with van der Waals surface area (Å²) in [4.78, 5) is 15.9. The number of carbonyl (C=O) groups excluding carboxylic acids is 1. The van der Waals surface area contributed by atoms with Crippen LogP contribution in [-0.4, -0.2) is 27.1 Å². The Kier molecular flexibility index (Phi) is 4.64. The summed E-state index contributed by atoms with van der Waals surface area (Å²) in [5, 5.41) is 10.8. The van der Waals surface area contributed by atoms with Crippen molar-refractivity contribution in [2.24, 2.45) is 5.92 Å². The molecule has 1 N–H and O–H groups in total. The van der Waals surface area contributed by atoms with Gasteiger partial charge in [-0.25, -0.2) is 9.37 Å². The lowest BCUT2D eigenvalue weighted by atomic mass is 10.0. The Balaban J connectivity index is 1.53. The minimum Gasteiger partial charge on any atom is -0.425 e. The molecule has 0 bridgehead atoms. The number of hydrogen-bond donors (Lipinski definition) is 1. The van der Waals surface area contributed by atoms with Gasteiger partial charge in [0, 0.05) is 25.1 Å². The summed E-state index contributed by atoms with van der Waals surface area (Å²) in [7, 11) is 0. The zero-order chi connectivity index (χ0) is 16.2. The van der Waals surface area contributed by atoms with Crippen molar-refractivity contribution in [3.05, 3.63) is 41.6 Å². The first-order valence-corrected chi connectivity index (χ1v) is 7.88. The number of pyridine rings is 1. The number of nitrogens with zero attached hydrogens (tertiary/aromatic N) is 3. The third-order valence-corrected chi connectivity index (χ3v) is 4.12. The average Bonchev–Trinajstić information content (AvgIpc) is 3.17. The topological polar surface area (TPSA) is 80.9 Å². The molecule has 1 amide bonds. The van der Waals surface area contributed by atoms with Crippen LogP contribution in [0, 0.1) is 11.7 Å². The Morgan fingerprint density at radius 1 is 1.39 bits per heavy atom. The fraction of sp³-hybridized carbons (Fsp3) is 0.500. The van der Waals surface area contributed by atoms with E-state index in [9.17, 15) is 9.18 Å². The molecule has 0 aromatic carbocycles. The molecule has 122 valence electrons. The molecule has 6 nitrogen and oxygen atoms in total. The van der Waals surface area contributed by atoms with Crippen LogP contribution in [0.15, 0.2) is 22.7 Å². The zero-order valence-corrected chi connectivity index (χ0v) is 13.0. The van der Waals surface area contributed by atoms with Crippen LogP contribution in [0.4, 0.5) is 4.39 Å². The fourth-order valence-corrected chi connectivity index (χ4v) is 2.96. The summed E-state index contributed by atoms with van der Waals surface area (Å²) in [6.07, 6.45) is 5.52. The molecule has 1 saturated carbocycles. The van der Waals surface area contributed by atoms with E-state index in [1.54, 1.807) is 0 Å². The number of aryl methyl sites for hydroxylation is 1. The summed E-state index contributed by atoms with van der Waals surface area (Å²) in [6.45, 7) is 1.97. The van der Waals surface area contributed by atoms with Gasteiger partial charge in [-0.2, -0.15) is 0 Å². The highest BCUT2D eigenvalue weighted by Gasteiger charge is 2.28. The van der Waals surface area contributed by atoms with E-state index in [1.807, 2.05) is 6.92 Å². The molecule has 1 fully saturated rings. The molecule has 0 spiro atoms.